The minimum absolute atomic E-state index is 0.000495. The van der Waals surface area contributed by atoms with Crippen molar-refractivity contribution in [1.82, 2.24) is 5.32 Å². The van der Waals surface area contributed by atoms with Crippen molar-refractivity contribution in [3.05, 3.63) is 24.0 Å². The first kappa shape index (κ1) is 17.4. The maximum atomic E-state index is 13.3. The van der Waals surface area contributed by atoms with E-state index in [2.05, 4.69) is 5.32 Å². The fourth-order valence-electron chi connectivity index (χ4n) is 1.96. The molecule has 1 amide bonds. The van der Waals surface area contributed by atoms with Crippen LogP contribution in [0.5, 0.6) is 0 Å². The van der Waals surface area contributed by atoms with Gasteiger partial charge >= 0.3 is 0 Å². The van der Waals surface area contributed by atoms with E-state index in [1.165, 1.54) is 6.92 Å². The summed E-state index contributed by atoms with van der Waals surface area (Å²) in [5, 5.41) is 1.34. The zero-order valence-corrected chi connectivity index (χ0v) is 13.2. The van der Waals surface area contributed by atoms with Crippen molar-refractivity contribution in [2.24, 2.45) is 0 Å². The molecule has 21 heavy (non-hydrogen) atoms. The van der Waals surface area contributed by atoms with Crippen LogP contribution in [0.1, 0.15) is 33.6 Å². The summed E-state index contributed by atoms with van der Waals surface area (Å²) in [7, 11) is -3.98. The van der Waals surface area contributed by atoms with Crippen LogP contribution in [0.25, 0.3) is 0 Å². The highest BCUT2D eigenvalue weighted by atomic mass is 32.2. The third kappa shape index (κ3) is 4.42. The number of halogens is 1. The van der Waals surface area contributed by atoms with Crippen LogP contribution in [0.2, 0.25) is 0 Å². The number of nitrogens with one attached hydrogen (secondary N) is 1. The Morgan fingerprint density at radius 2 is 1.95 bits per heavy atom. The highest BCUT2D eigenvalue weighted by Gasteiger charge is 2.30. The van der Waals surface area contributed by atoms with Crippen molar-refractivity contribution in [3.63, 3.8) is 0 Å². The standard InChI is InChI=1S/C14H21FN2O3S/c1-4-5-9(2)17-14(18)10(3)21(19,20)13-7-11(15)6-12(16)8-13/h6-10H,4-5,16H2,1-3H3,(H,17,18). The summed E-state index contributed by atoms with van der Waals surface area (Å²) >= 11 is 0. The average molecular weight is 316 g/mol. The fraction of sp³-hybridized carbons (Fsp3) is 0.500. The van der Waals surface area contributed by atoms with Gasteiger partial charge in [-0.05, 0) is 38.5 Å². The Labute approximate surface area is 124 Å². The summed E-state index contributed by atoms with van der Waals surface area (Å²) in [6.07, 6.45) is 1.63. The number of anilines is 1. The highest BCUT2D eigenvalue weighted by Crippen LogP contribution is 2.20. The zero-order chi connectivity index (χ0) is 16.2. The van der Waals surface area contributed by atoms with Gasteiger partial charge in [0.1, 0.15) is 11.1 Å². The number of sulfone groups is 1. The highest BCUT2D eigenvalue weighted by molar-refractivity contribution is 7.92. The van der Waals surface area contributed by atoms with Gasteiger partial charge in [-0.2, -0.15) is 0 Å². The van der Waals surface area contributed by atoms with E-state index in [9.17, 15) is 17.6 Å². The van der Waals surface area contributed by atoms with E-state index in [4.69, 9.17) is 5.73 Å². The van der Waals surface area contributed by atoms with Crippen molar-refractivity contribution >= 4 is 21.4 Å². The Bertz CT molecular complexity index is 596. The summed E-state index contributed by atoms with van der Waals surface area (Å²) in [6.45, 7) is 5.06. The predicted molar refractivity (Wildman–Crippen MR) is 80.0 cm³/mol. The van der Waals surface area contributed by atoms with Crippen LogP contribution in [0.15, 0.2) is 23.1 Å². The number of rotatable bonds is 6. The van der Waals surface area contributed by atoms with E-state index in [1.807, 2.05) is 6.92 Å². The van der Waals surface area contributed by atoms with Gasteiger partial charge in [0.25, 0.3) is 0 Å². The van der Waals surface area contributed by atoms with Gasteiger partial charge in [-0.15, -0.1) is 0 Å². The average Bonchev–Trinajstić information content (AvgIpc) is 2.36. The van der Waals surface area contributed by atoms with E-state index in [0.29, 0.717) is 0 Å². The lowest BCUT2D eigenvalue weighted by molar-refractivity contribution is -0.121. The van der Waals surface area contributed by atoms with Crippen molar-refractivity contribution in [2.45, 2.75) is 49.8 Å². The summed E-state index contributed by atoms with van der Waals surface area (Å²) < 4.78 is 38.0. The number of nitrogens with two attached hydrogens (primary N) is 1. The number of hydrogen-bond donors (Lipinski definition) is 2. The fourth-order valence-corrected chi connectivity index (χ4v) is 3.29. The van der Waals surface area contributed by atoms with Crippen molar-refractivity contribution in [1.29, 1.82) is 0 Å². The van der Waals surface area contributed by atoms with Gasteiger partial charge in [-0.25, -0.2) is 12.8 Å². The molecule has 0 aromatic heterocycles. The second-order valence-corrected chi connectivity index (χ2v) is 7.37. The second-order valence-electron chi connectivity index (χ2n) is 5.11. The summed E-state index contributed by atoms with van der Waals surface area (Å²) in [5.74, 6) is -1.35. The number of carbonyl (C=O) groups is 1. The number of carbonyl (C=O) groups excluding carboxylic acids is 1. The lowest BCUT2D eigenvalue weighted by Gasteiger charge is -2.17. The van der Waals surface area contributed by atoms with Crippen LogP contribution in [-0.4, -0.2) is 25.6 Å². The first-order valence-electron chi connectivity index (χ1n) is 6.78. The minimum Gasteiger partial charge on any atom is -0.399 e. The summed E-state index contributed by atoms with van der Waals surface area (Å²) in [6, 6.07) is 2.92. The maximum Gasteiger partial charge on any atom is 0.238 e. The van der Waals surface area contributed by atoms with E-state index in [1.54, 1.807) is 6.92 Å². The molecule has 0 heterocycles. The van der Waals surface area contributed by atoms with Crippen molar-refractivity contribution in [3.8, 4) is 0 Å². The molecule has 0 aliphatic carbocycles. The molecule has 0 saturated carbocycles. The van der Waals surface area contributed by atoms with Gasteiger partial charge in [0.2, 0.25) is 5.91 Å². The Morgan fingerprint density at radius 1 is 1.33 bits per heavy atom. The smallest absolute Gasteiger partial charge is 0.238 e. The Balaban J connectivity index is 2.98. The number of benzene rings is 1. The molecule has 1 aromatic carbocycles. The molecule has 0 aliphatic heterocycles. The quantitative estimate of drug-likeness (QED) is 0.784. The zero-order valence-electron chi connectivity index (χ0n) is 12.4. The lowest BCUT2D eigenvalue weighted by Crippen LogP contribution is -2.42. The minimum atomic E-state index is -3.98. The van der Waals surface area contributed by atoms with Crippen LogP contribution >= 0.6 is 0 Å². The summed E-state index contributed by atoms with van der Waals surface area (Å²) in [5.41, 5.74) is 5.45. The Morgan fingerprint density at radius 3 is 2.48 bits per heavy atom. The van der Waals surface area contributed by atoms with E-state index < -0.39 is 26.8 Å². The number of nitrogen functional groups attached to an aromatic ring is 1. The van der Waals surface area contributed by atoms with Crippen LogP contribution < -0.4 is 11.1 Å². The van der Waals surface area contributed by atoms with Gasteiger partial charge in [0.05, 0.1) is 4.90 Å². The molecule has 7 heteroatoms. The first-order valence-corrected chi connectivity index (χ1v) is 8.33. The van der Waals surface area contributed by atoms with Gasteiger partial charge in [0.15, 0.2) is 9.84 Å². The Hall–Kier alpha value is -1.63. The normalized spacial score (nSPS) is 14.5. The number of hydrogen-bond acceptors (Lipinski definition) is 4. The van der Waals surface area contributed by atoms with E-state index in [0.717, 1.165) is 31.0 Å². The number of amides is 1. The molecule has 5 nitrogen and oxygen atoms in total. The molecule has 1 aromatic rings. The molecule has 2 atom stereocenters. The van der Waals surface area contributed by atoms with Crippen LogP contribution in [0, 0.1) is 5.82 Å². The largest absolute Gasteiger partial charge is 0.399 e. The molecule has 0 radical (unpaired) electrons. The Kier molecular flexibility index (Phi) is 5.71. The van der Waals surface area contributed by atoms with Gasteiger partial charge < -0.3 is 11.1 Å². The first-order chi connectivity index (χ1) is 9.68. The lowest BCUT2D eigenvalue weighted by atomic mass is 10.2. The van der Waals surface area contributed by atoms with E-state index >= 15 is 0 Å². The summed E-state index contributed by atoms with van der Waals surface area (Å²) in [4.78, 5) is 11.7. The predicted octanol–water partition coefficient (Wildman–Crippen LogP) is 1.87. The molecule has 2 unspecified atom stereocenters. The molecule has 3 N–H and O–H groups in total. The van der Waals surface area contributed by atoms with Gasteiger partial charge in [-0.3, -0.25) is 4.79 Å². The molecule has 0 spiro atoms. The molecule has 0 bridgehead atoms. The molecule has 118 valence electrons. The maximum absolute atomic E-state index is 13.3. The van der Waals surface area contributed by atoms with Crippen LogP contribution in [0.4, 0.5) is 10.1 Å². The topological polar surface area (TPSA) is 89.3 Å². The molecular weight excluding hydrogens is 295 g/mol. The second kappa shape index (κ2) is 6.89. The third-order valence-corrected chi connectivity index (χ3v) is 5.20. The van der Waals surface area contributed by atoms with Crippen molar-refractivity contribution < 1.29 is 17.6 Å². The molecule has 0 fully saturated rings. The van der Waals surface area contributed by atoms with E-state index in [-0.39, 0.29) is 16.6 Å². The molecule has 0 saturated heterocycles. The van der Waals surface area contributed by atoms with Crippen molar-refractivity contribution in [2.75, 3.05) is 5.73 Å². The monoisotopic (exact) mass is 316 g/mol. The molecule has 1 rings (SSSR count). The van der Waals surface area contributed by atoms with Gasteiger partial charge in [0, 0.05) is 11.7 Å². The SMILES string of the molecule is CCCC(C)NC(=O)C(C)S(=O)(=O)c1cc(N)cc(F)c1. The third-order valence-electron chi connectivity index (χ3n) is 3.17. The van der Waals surface area contributed by atoms with Crippen LogP contribution in [-0.2, 0) is 14.6 Å². The van der Waals surface area contributed by atoms with Crippen LogP contribution in [0.3, 0.4) is 0 Å². The molecular formula is C14H21FN2O3S. The van der Waals surface area contributed by atoms with Gasteiger partial charge in [-0.1, -0.05) is 13.3 Å². The molecule has 0 aliphatic rings.